The summed E-state index contributed by atoms with van der Waals surface area (Å²) in [6.45, 7) is 5.03. The van der Waals surface area contributed by atoms with E-state index in [4.69, 9.17) is 4.74 Å². The maximum absolute atomic E-state index is 12.1. The maximum atomic E-state index is 12.1. The second kappa shape index (κ2) is 4.76. The van der Waals surface area contributed by atoms with Gasteiger partial charge >= 0.3 is 6.03 Å². The first-order valence-electron chi connectivity index (χ1n) is 6.21. The van der Waals surface area contributed by atoms with Crippen LogP contribution in [0.25, 0.3) is 0 Å². The van der Waals surface area contributed by atoms with Gasteiger partial charge in [-0.15, -0.1) is 10.2 Å². The largest absolute Gasteiger partial charge is 0.462 e. The lowest BCUT2D eigenvalue weighted by molar-refractivity contribution is 0.0281. The Balaban J connectivity index is 1.50. The zero-order valence-corrected chi connectivity index (χ0v) is 11.6. The molecule has 1 atom stereocenters. The van der Waals surface area contributed by atoms with Crippen LogP contribution in [0.3, 0.4) is 0 Å². The summed E-state index contributed by atoms with van der Waals surface area (Å²) >= 11 is 1.42. The van der Waals surface area contributed by atoms with Crippen LogP contribution in [0.4, 0.5) is 4.79 Å². The fourth-order valence-corrected chi connectivity index (χ4v) is 2.62. The van der Waals surface area contributed by atoms with E-state index in [9.17, 15) is 4.79 Å². The van der Waals surface area contributed by atoms with Crippen LogP contribution in [0.2, 0.25) is 0 Å². The van der Waals surface area contributed by atoms with Crippen molar-refractivity contribution in [3.05, 3.63) is 5.01 Å². The topological polar surface area (TPSA) is 70.9 Å². The molecule has 3 heterocycles. The fourth-order valence-electron chi connectivity index (χ4n) is 2.02. The Labute approximate surface area is 114 Å². The third-order valence-corrected chi connectivity index (χ3v) is 3.89. The second-order valence-electron chi connectivity index (χ2n) is 4.74. The molecule has 1 saturated heterocycles. The van der Waals surface area contributed by atoms with Gasteiger partial charge in [0.05, 0.1) is 19.1 Å². The van der Waals surface area contributed by atoms with E-state index in [-0.39, 0.29) is 18.2 Å². The van der Waals surface area contributed by atoms with Crippen molar-refractivity contribution >= 4 is 23.6 Å². The van der Waals surface area contributed by atoms with Crippen LogP contribution in [-0.2, 0) is 0 Å². The van der Waals surface area contributed by atoms with Crippen molar-refractivity contribution in [2.24, 2.45) is 5.10 Å². The monoisotopic (exact) mass is 281 g/mol. The van der Waals surface area contributed by atoms with Gasteiger partial charge in [0.2, 0.25) is 0 Å². The molecule has 0 radical (unpaired) electrons. The van der Waals surface area contributed by atoms with Gasteiger partial charge in [-0.1, -0.05) is 11.3 Å². The number of nitrogens with zero attached hydrogens (tertiary/aromatic N) is 5. The van der Waals surface area contributed by atoms with E-state index < -0.39 is 0 Å². The SMILES string of the molecule is Cc1nnc(OC2CN(C(=O)N3N=CCC3C)C2)s1. The molecule has 8 heteroatoms. The Morgan fingerprint density at radius 2 is 2.26 bits per heavy atom. The van der Waals surface area contributed by atoms with Gasteiger partial charge in [-0.3, -0.25) is 0 Å². The van der Waals surface area contributed by atoms with Crippen molar-refractivity contribution in [2.45, 2.75) is 32.4 Å². The number of carbonyl (C=O) groups is 1. The molecule has 1 aromatic heterocycles. The van der Waals surface area contributed by atoms with Crippen molar-refractivity contribution in [3.63, 3.8) is 0 Å². The molecule has 19 heavy (non-hydrogen) atoms. The lowest BCUT2D eigenvalue weighted by Gasteiger charge is -2.40. The summed E-state index contributed by atoms with van der Waals surface area (Å²) in [5, 5.41) is 14.9. The number of aryl methyl sites for hydroxylation is 1. The predicted molar refractivity (Wildman–Crippen MR) is 70.4 cm³/mol. The maximum Gasteiger partial charge on any atom is 0.340 e. The predicted octanol–water partition coefficient (Wildman–Crippen LogP) is 1.11. The van der Waals surface area contributed by atoms with Crippen molar-refractivity contribution in [2.75, 3.05) is 13.1 Å². The minimum Gasteiger partial charge on any atom is -0.462 e. The number of urea groups is 1. The Morgan fingerprint density at radius 1 is 1.47 bits per heavy atom. The van der Waals surface area contributed by atoms with Gasteiger partial charge in [-0.25, -0.2) is 9.80 Å². The molecule has 0 N–H and O–H groups in total. The molecule has 102 valence electrons. The summed E-state index contributed by atoms with van der Waals surface area (Å²) in [4.78, 5) is 13.8. The highest BCUT2D eigenvalue weighted by Crippen LogP contribution is 2.23. The van der Waals surface area contributed by atoms with Gasteiger partial charge in [0, 0.05) is 12.6 Å². The highest BCUT2D eigenvalue weighted by Gasteiger charge is 2.37. The van der Waals surface area contributed by atoms with Gasteiger partial charge < -0.3 is 9.64 Å². The molecule has 2 aliphatic heterocycles. The number of carbonyl (C=O) groups excluding carboxylic acids is 1. The molecule has 0 spiro atoms. The molecule has 2 aliphatic rings. The number of hydrogen-bond donors (Lipinski definition) is 0. The quantitative estimate of drug-likeness (QED) is 0.814. The number of hydrazone groups is 1. The third-order valence-electron chi connectivity index (χ3n) is 3.16. The molecular weight excluding hydrogens is 266 g/mol. The lowest BCUT2D eigenvalue weighted by Crippen LogP contribution is -2.59. The van der Waals surface area contributed by atoms with Gasteiger partial charge in [-0.05, 0) is 13.8 Å². The summed E-state index contributed by atoms with van der Waals surface area (Å²) < 4.78 is 5.64. The standard InChI is InChI=1S/C11H15N5O2S/c1-7-3-4-12-16(7)11(17)15-5-9(6-15)18-10-14-13-8(2)19-10/h4,7,9H,3,5-6H2,1-2H3. The van der Waals surface area contributed by atoms with Crippen molar-refractivity contribution in [1.29, 1.82) is 0 Å². The fraction of sp³-hybridized carbons (Fsp3) is 0.636. The van der Waals surface area contributed by atoms with Crippen LogP contribution in [0.15, 0.2) is 5.10 Å². The first kappa shape index (κ1) is 12.3. The molecule has 3 rings (SSSR count). The molecule has 0 aromatic carbocycles. The third kappa shape index (κ3) is 2.40. The number of amides is 2. The number of hydrogen-bond acceptors (Lipinski definition) is 6. The Bertz CT molecular complexity index is 511. The first-order chi connectivity index (χ1) is 9.13. The molecule has 2 amide bonds. The highest BCUT2D eigenvalue weighted by molar-refractivity contribution is 7.12. The number of likely N-dealkylation sites (tertiary alicyclic amines) is 1. The lowest BCUT2D eigenvalue weighted by atomic mass is 10.2. The van der Waals surface area contributed by atoms with E-state index in [1.807, 2.05) is 13.8 Å². The van der Waals surface area contributed by atoms with E-state index in [1.165, 1.54) is 16.3 Å². The van der Waals surface area contributed by atoms with Crippen molar-refractivity contribution in [3.8, 4) is 5.19 Å². The Kier molecular flexibility index (Phi) is 3.09. The van der Waals surface area contributed by atoms with Crippen LogP contribution in [0.1, 0.15) is 18.4 Å². The molecule has 0 aliphatic carbocycles. The first-order valence-corrected chi connectivity index (χ1v) is 7.02. The van der Waals surface area contributed by atoms with Gasteiger partial charge in [-0.2, -0.15) is 5.10 Å². The normalized spacial score (nSPS) is 22.7. The number of aromatic nitrogens is 2. The van der Waals surface area contributed by atoms with Crippen LogP contribution >= 0.6 is 11.3 Å². The zero-order chi connectivity index (χ0) is 13.4. The molecule has 1 fully saturated rings. The average Bonchev–Trinajstić information content (AvgIpc) is 2.91. The van der Waals surface area contributed by atoms with E-state index in [1.54, 1.807) is 11.1 Å². The molecule has 0 saturated carbocycles. The summed E-state index contributed by atoms with van der Waals surface area (Å²) in [7, 11) is 0. The Morgan fingerprint density at radius 3 is 2.84 bits per heavy atom. The number of ether oxygens (including phenoxy) is 1. The van der Waals surface area contributed by atoms with Crippen LogP contribution in [0.5, 0.6) is 5.19 Å². The van der Waals surface area contributed by atoms with Gasteiger partial charge in [0.1, 0.15) is 11.1 Å². The van der Waals surface area contributed by atoms with Gasteiger partial charge in [0.25, 0.3) is 5.19 Å². The van der Waals surface area contributed by atoms with Crippen molar-refractivity contribution < 1.29 is 9.53 Å². The molecule has 1 unspecified atom stereocenters. The second-order valence-corrected chi connectivity index (χ2v) is 5.89. The van der Waals surface area contributed by atoms with Crippen molar-refractivity contribution in [1.82, 2.24) is 20.1 Å². The molecular formula is C11H15N5O2S. The molecule has 7 nitrogen and oxygen atoms in total. The Hall–Kier alpha value is -1.70. The zero-order valence-electron chi connectivity index (χ0n) is 10.8. The highest BCUT2D eigenvalue weighted by atomic mass is 32.1. The summed E-state index contributed by atoms with van der Waals surface area (Å²) in [6, 6.07) is 0.104. The average molecular weight is 281 g/mol. The van der Waals surface area contributed by atoms with E-state index in [0.29, 0.717) is 18.3 Å². The summed E-state index contributed by atoms with van der Waals surface area (Å²) in [5.41, 5.74) is 0. The minimum absolute atomic E-state index is 0.0122. The smallest absolute Gasteiger partial charge is 0.340 e. The minimum atomic E-state index is -0.0467. The molecule has 1 aromatic rings. The van der Waals surface area contributed by atoms with Crippen LogP contribution in [0, 0.1) is 6.92 Å². The van der Waals surface area contributed by atoms with Crippen LogP contribution in [-0.4, -0.2) is 57.6 Å². The summed E-state index contributed by atoms with van der Waals surface area (Å²) in [5.74, 6) is 0. The molecule has 0 bridgehead atoms. The number of rotatable bonds is 2. The van der Waals surface area contributed by atoms with E-state index in [0.717, 1.165) is 11.4 Å². The van der Waals surface area contributed by atoms with Crippen LogP contribution < -0.4 is 4.74 Å². The van der Waals surface area contributed by atoms with E-state index >= 15 is 0 Å². The van der Waals surface area contributed by atoms with E-state index in [2.05, 4.69) is 15.3 Å². The summed E-state index contributed by atoms with van der Waals surface area (Å²) in [6.07, 6.45) is 2.61. The van der Waals surface area contributed by atoms with Gasteiger partial charge in [0.15, 0.2) is 0 Å².